The van der Waals surface area contributed by atoms with Gasteiger partial charge in [-0.25, -0.2) is 8.42 Å². The molecule has 1 aromatic rings. The Morgan fingerprint density at radius 1 is 1.33 bits per heavy atom. The van der Waals surface area contributed by atoms with E-state index in [1.165, 1.54) is 16.4 Å². The fraction of sp³-hybridized carbons (Fsp3) is 0.538. The zero-order valence-corrected chi connectivity index (χ0v) is 12.8. The third-order valence-electron chi connectivity index (χ3n) is 3.83. The van der Waals surface area contributed by atoms with Crippen LogP contribution < -0.4 is 5.73 Å². The Hall–Kier alpha value is -1.67. The minimum Gasteiger partial charge on any atom is -0.399 e. The van der Waals surface area contributed by atoms with E-state index in [0.717, 1.165) is 18.9 Å². The number of nitro benzene ring substituents is 1. The molecule has 2 rings (SSSR count). The second-order valence-corrected chi connectivity index (χ2v) is 7.45. The van der Waals surface area contributed by atoms with E-state index in [1.807, 2.05) is 13.8 Å². The molecule has 1 fully saturated rings. The number of rotatable bonds is 3. The molecule has 8 heteroatoms. The van der Waals surface area contributed by atoms with Gasteiger partial charge in [0.2, 0.25) is 10.0 Å². The van der Waals surface area contributed by atoms with Crippen molar-refractivity contribution in [1.82, 2.24) is 4.31 Å². The summed E-state index contributed by atoms with van der Waals surface area (Å²) in [6, 6.07) is 3.51. The molecule has 2 atom stereocenters. The van der Waals surface area contributed by atoms with Crippen LogP contribution in [0.2, 0.25) is 0 Å². The fourth-order valence-electron chi connectivity index (χ4n) is 2.60. The number of nitro groups is 1. The number of benzene rings is 1. The van der Waals surface area contributed by atoms with Crippen LogP contribution in [0.1, 0.15) is 26.7 Å². The van der Waals surface area contributed by atoms with Crippen molar-refractivity contribution in [2.45, 2.75) is 37.6 Å². The number of hydrogen-bond donors (Lipinski definition) is 1. The summed E-state index contributed by atoms with van der Waals surface area (Å²) in [5.41, 5.74) is 5.22. The summed E-state index contributed by atoms with van der Waals surface area (Å²) in [7, 11) is -3.90. The quantitative estimate of drug-likeness (QED) is 0.521. The van der Waals surface area contributed by atoms with Crippen molar-refractivity contribution in [3.8, 4) is 0 Å². The van der Waals surface area contributed by atoms with Crippen LogP contribution >= 0.6 is 0 Å². The lowest BCUT2D eigenvalue weighted by molar-refractivity contribution is -0.387. The van der Waals surface area contributed by atoms with Crippen molar-refractivity contribution in [1.29, 1.82) is 0 Å². The van der Waals surface area contributed by atoms with Crippen LogP contribution in [0.25, 0.3) is 0 Å². The van der Waals surface area contributed by atoms with E-state index in [-0.39, 0.29) is 22.5 Å². The second-order valence-electron chi connectivity index (χ2n) is 5.59. The number of nitrogens with zero attached hydrogens (tertiary/aromatic N) is 2. The Morgan fingerprint density at radius 3 is 2.62 bits per heavy atom. The summed E-state index contributed by atoms with van der Waals surface area (Å²) in [5, 5.41) is 11.1. The molecule has 1 aliphatic heterocycles. The third kappa shape index (κ3) is 3.01. The molecule has 0 bridgehead atoms. The first-order chi connectivity index (χ1) is 9.73. The minimum absolute atomic E-state index is 0.164. The fourth-order valence-corrected chi connectivity index (χ4v) is 4.53. The van der Waals surface area contributed by atoms with Crippen molar-refractivity contribution in [2.24, 2.45) is 5.92 Å². The molecule has 21 heavy (non-hydrogen) atoms. The number of anilines is 1. The van der Waals surface area contributed by atoms with Crippen LogP contribution in [0.5, 0.6) is 0 Å². The van der Waals surface area contributed by atoms with Gasteiger partial charge in [-0.05, 0) is 37.8 Å². The first kappa shape index (κ1) is 15.7. The molecule has 0 amide bonds. The van der Waals surface area contributed by atoms with Gasteiger partial charge in [0.05, 0.1) is 4.92 Å². The summed E-state index contributed by atoms with van der Waals surface area (Å²) < 4.78 is 26.9. The number of hydrogen-bond acceptors (Lipinski definition) is 5. The zero-order valence-electron chi connectivity index (χ0n) is 12.0. The van der Waals surface area contributed by atoms with E-state index < -0.39 is 20.6 Å². The molecular formula is C13H19N3O4S. The van der Waals surface area contributed by atoms with Crippen LogP contribution in [-0.4, -0.2) is 30.2 Å². The molecule has 7 nitrogen and oxygen atoms in total. The van der Waals surface area contributed by atoms with Gasteiger partial charge in [0.25, 0.3) is 5.69 Å². The molecule has 0 radical (unpaired) electrons. The van der Waals surface area contributed by atoms with Crippen molar-refractivity contribution in [2.75, 3.05) is 12.3 Å². The molecular weight excluding hydrogens is 294 g/mol. The van der Waals surface area contributed by atoms with Gasteiger partial charge < -0.3 is 5.73 Å². The van der Waals surface area contributed by atoms with Gasteiger partial charge in [-0.2, -0.15) is 4.31 Å². The van der Waals surface area contributed by atoms with E-state index in [1.54, 1.807) is 0 Å². The second kappa shape index (κ2) is 5.61. The lowest BCUT2D eigenvalue weighted by Crippen LogP contribution is -2.44. The molecule has 1 saturated heterocycles. The summed E-state index contributed by atoms with van der Waals surface area (Å²) in [6.07, 6.45) is 1.71. The van der Waals surface area contributed by atoms with Crippen LogP contribution in [0.4, 0.5) is 11.4 Å². The maximum atomic E-state index is 12.8. The van der Waals surface area contributed by atoms with Gasteiger partial charge >= 0.3 is 0 Å². The highest BCUT2D eigenvalue weighted by Crippen LogP contribution is 2.33. The van der Waals surface area contributed by atoms with E-state index in [4.69, 9.17) is 5.73 Å². The monoisotopic (exact) mass is 313 g/mol. The van der Waals surface area contributed by atoms with Gasteiger partial charge in [-0.15, -0.1) is 0 Å². The molecule has 1 aromatic carbocycles. The average molecular weight is 313 g/mol. The SMILES string of the molecule is CC1CCC(C)N(S(=O)(=O)c2ccc(N)cc2[N+](=O)[O-])C1. The average Bonchev–Trinajstić information content (AvgIpc) is 2.41. The van der Waals surface area contributed by atoms with Crippen LogP contribution in [0.15, 0.2) is 23.1 Å². The van der Waals surface area contributed by atoms with Gasteiger partial charge in [0, 0.05) is 24.3 Å². The lowest BCUT2D eigenvalue weighted by Gasteiger charge is -2.35. The van der Waals surface area contributed by atoms with E-state index in [2.05, 4.69) is 0 Å². The normalized spacial score (nSPS) is 23.9. The van der Waals surface area contributed by atoms with Gasteiger partial charge in [-0.3, -0.25) is 10.1 Å². The van der Waals surface area contributed by atoms with Gasteiger partial charge in [0.15, 0.2) is 4.90 Å². The molecule has 2 unspecified atom stereocenters. The van der Waals surface area contributed by atoms with Gasteiger partial charge in [-0.1, -0.05) is 6.92 Å². The first-order valence-electron chi connectivity index (χ1n) is 6.79. The maximum Gasteiger partial charge on any atom is 0.291 e. The number of nitrogens with two attached hydrogens (primary N) is 1. The lowest BCUT2D eigenvalue weighted by atomic mass is 9.97. The highest BCUT2D eigenvalue weighted by Gasteiger charge is 2.37. The van der Waals surface area contributed by atoms with Gasteiger partial charge in [0.1, 0.15) is 0 Å². The molecule has 0 spiro atoms. The Bertz CT molecular complexity index is 659. The molecule has 116 valence electrons. The number of sulfonamides is 1. The summed E-state index contributed by atoms with van der Waals surface area (Å²) in [5.74, 6) is 0.240. The highest BCUT2D eigenvalue weighted by molar-refractivity contribution is 7.89. The molecule has 0 aliphatic carbocycles. The van der Waals surface area contributed by atoms with E-state index >= 15 is 0 Å². The van der Waals surface area contributed by atoms with Crippen LogP contribution in [0, 0.1) is 16.0 Å². The topological polar surface area (TPSA) is 107 Å². The first-order valence-corrected chi connectivity index (χ1v) is 8.23. The van der Waals surface area contributed by atoms with E-state index in [0.29, 0.717) is 6.54 Å². The Labute approximate surface area is 123 Å². The largest absolute Gasteiger partial charge is 0.399 e. The van der Waals surface area contributed by atoms with Crippen molar-refractivity contribution >= 4 is 21.4 Å². The minimum atomic E-state index is -3.90. The molecule has 0 aromatic heterocycles. The maximum absolute atomic E-state index is 12.8. The smallest absolute Gasteiger partial charge is 0.291 e. The predicted octanol–water partition coefficient (Wildman–Crippen LogP) is 1.99. The Morgan fingerprint density at radius 2 is 2.00 bits per heavy atom. The third-order valence-corrected chi connectivity index (χ3v) is 5.85. The van der Waals surface area contributed by atoms with E-state index in [9.17, 15) is 18.5 Å². The highest BCUT2D eigenvalue weighted by atomic mass is 32.2. The standard InChI is InChI=1S/C13H19N3O4S/c1-9-3-4-10(2)15(8-9)21(19,20)13-6-5-11(14)7-12(13)16(17)18/h5-7,9-10H,3-4,8,14H2,1-2H3. The van der Waals surface area contributed by atoms with Crippen molar-refractivity contribution in [3.05, 3.63) is 28.3 Å². The zero-order chi connectivity index (χ0) is 15.8. The predicted molar refractivity (Wildman–Crippen MR) is 79.3 cm³/mol. The van der Waals surface area contributed by atoms with Crippen molar-refractivity contribution < 1.29 is 13.3 Å². The van der Waals surface area contributed by atoms with Crippen LogP contribution in [-0.2, 0) is 10.0 Å². The van der Waals surface area contributed by atoms with Crippen molar-refractivity contribution in [3.63, 3.8) is 0 Å². The molecule has 1 aliphatic rings. The molecule has 1 heterocycles. The summed E-state index contributed by atoms with van der Waals surface area (Å²) >= 11 is 0. The number of piperidine rings is 1. The Balaban J connectivity index is 2.51. The summed E-state index contributed by atoms with van der Waals surface area (Å²) in [4.78, 5) is 10.1. The molecule has 2 N–H and O–H groups in total. The summed E-state index contributed by atoms with van der Waals surface area (Å²) in [6.45, 7) is 4.18. The molecule has 0 saturated carbocycles. The number of nitrogen functional groups attached to an aromatic ring is 1. The Kier molecular flexibility index (Phi) is 4.20. The van der Waals surface area contributed by atoms with Crippen LogP contribution in [0.3, 0.4) is 0 Å².